The van der Waals surface area contributed by atoms with Crippen molar-refractivity contribution >= 4 is 37.8 Å². The van der Waals surface area contributed by atoms with E-state index in [0.717, 1.165) is 10.0 Å². The number of benzene rings is 1. The van der Waals surface area contributed by atoms with Gasteiger partial charge < -0.3 is 14.2 Å². The second-order valence-electron chi connectivity index (χ2n) is 4.92. The largest absolute Gasteiger partial charge is 0.456 e. The quantitative estimate of drug-likeness (QED) is 0.554. The van der Waals surface area contributed by atoms with Crippen LogP contribution in [0.3, 0.4) is 0 Å². The van der Waals surface area contributed by atoms with Gasteiger partial charge in [0.15, 0.2) is 11.5 Å². The summed E-state index contributed by atoms with van der Waals surface area (Å²) in [6, 6.07) is 3.69. The van der Waals surface area contributed by atoms with Crippen LogP contribution in [0.1, 0.15) is 32.4 Å². The molecule has 0 bridgehead atoms. The fraction of sp³-hybridized carbons (Fsp3) is 0.500. The molecular weight excluding hydrogens is 392 g/mol. The third-order valence-corrected chi connectivity index (χ3v) is 4.10. The summed E-state index contributed by atoms with van der Waals surface area (Å²) in [6.45, 7) is 5.78. The average Bonchev–Trinajstić information content (AvgIpc) is 2.81. The van der Waals surface area contributed by atoms with Gasteiger partial charge in [-0.05, 0) is 19.1 Å². The van der Waals surface area contributed by atoms with Gasteiger partial charge in [0.25, 0.3) is 0 Å². The molecule has 0 aromatic heterocycles. The van der Waals surface area contributed by atoms with Crippen molar-refractivity contribution in [3.05, 3.63) is 22.2 Å². The zero-order chi connectivity index (χ0) is 14.9. The summed E-state index contributed by atoms with van der Waals surface area (Å²) >= 11 is 7.00. The highest BCUT2D eigenvalue weighted by Gasteiger charge is 2.28. The summed E-state index contributed by atoms with van der Waals surface area (Å²) in [7, 11) is 0. The molecule has 0 aliphatic carbocycles. The topological polar surface area (TPSA) is 44.8 Å². The lowest BCUT2D eigenvalue weighted by Crippen LogP contribution is -2.21. The van der Waals surface area contributed by atoms with Gasteiger partial charge in [0.1, 0.15) is 6.10 Å². The van der Waals surface area contributed by atoms with Gasteiger partial charge in [0, 0.05) is 10.0 Å². The van der Waals surface area contributed by atoms with E-state index in [1.54, 1.807) is 0 Å². The summed E-state index contributed by atoms with van der Waals surface area (Å²) < 4.78 is 17.1. The fourth-order valence-electron chi connectivity index (χ4n) is 1.82. The highest BCUT2D eigenvalue weighted by molar-refractivity contribution is 9.10. The van der Waals surface area contributed by atoms with Gasteiger partial charge in [-0.1, -0.05) is 45.7 Å². The molecule has 2 rings (SSSR count). The van der Waals surface area contributed by atoms with Crippen molar-refractivity contribution in [1.29, 1.82) is 0 Å². The van der Waals surface area contributed by atoms with Gasteiger partial charge in [-0.3, -0.25) is 4.79 Å². The maximum absolute atomic E-state index is 11.9. The van der Waals surface area contributed by atoms with Crippen LogP contribution >= 0.6 is 31.9 Å². The fourth-order valence-corrected chi connectivity index (χ4v) is 2.76. The van der Waals surface area contributed by atoms with Gasteiger partial charge >= 0.3 is 5.97 Å². The van der Waals surface area contributed by atoms with Gasteiger partial charge in [-0.15, -0.1) is 0 Å². The first-order chi connectivity index (χ1) is 9.40. The number of ether oxygens (including phenoxy) is 3. The van der Waals surface area contributed by atoms with Crippen molar-refractivity contribution in [3.63, 3.8) is 0 Å². The molecule has 1 aliphatic heterocycles. The third kappa shape index (κ3) is 3.28. The molecule has 1 aliphatic rings. The van der Waals surface area contributed by atoms with Crippen LogP contribution in [0.5, 0.6) is 11.5 Å². The molecule has 4 nitrogen and oxygen atoms in total. The Kier molecular flexibility index (Phi) is 4.96. The van der Waals surface area contributed by atoms with Crippen LogP contribution in [0.25, 0.3) is 0 Å². The minimum Gasteiger partial charge on any atom is -0.456 e. The number of carbonyl (C=O) groups is 1. The Morgan fingerprint density at radius 2 is 1.85 bits per heavy atom. The smallest absolute Gasteiger partial charge is 0.309 e. The van der Waals surface area contributed by atoms with Gasteiger partial charge in [-0.2, -0.15) is 0 Å². The highest BCUT2D eigenvalue weighted by atomic mass is 79.9. The predicted molar refractivity (Wildman–Crippen MR) is 82.3 cm³/mol. The Bertz CT molecular complexity index is 514. The molecule has 1 aromatic rings. The van der Waals surface area contributed by atoms with Crippen LogP contribution in [-0.4, -0.2) is 17.6 Å². The van der Waals surface area contributed by atoms with E-state index in [4.69, 9.17) is 14.2 Å². The van der Waals surface area contributed by atoms with Crippen LogP contribution in [0.15, 0.2) is 16.6 Å². The van der Waals surface area contributed by atoms with Crippen molar-refractivity contribution in [1.82, 2.24) is 0 Å². The molecule has 0 amide bonds. The highest BCUT2D eigenvalue weighted by Crippen LogP contribution is 2.41. The molecule has 2 atom stereocenters. The zero-order valence-electron chi connectivity index (χ0n) is 11.5. The third-order valence-electron chi connectivity index (χ3n) is 2.93. The molecule has 0 spiro atoms. The molecule has 1 heterocycles. The lowest BCUT2D eigenvalue weighted by Gasteiger charge is -2.23. The number of halogens is 2. The second kappa shape index (κ2) is 6.35. The summed E-state index contributed by atoms with van der Waals surface area (Å²) in [5.74, 6) is 0.959. The molecule has 0 N–H and O–H groups in total. The standard InChI is InChI=1S/C14H16Br2O4/c1-7(2)14(17)20-13(8(3)15)9-4-11-12(5-10(9)16)19-6-18-11/h4-5,7-8,13H,6H2,1-3H3/t8-,13-/m1/s1. The number of alkyl halides is 1. The molecule has 110 valence electrons. The Balaban J connectivity index is 2.32. The Labute approximate surface area is 135 Å². The molecule has 0 radical (unpaired) electrons. The number of fused-ring (bicyclic) bond motifs is 1. The van der Waals surface area contributed by atoms with Crippen LogP contribution in [0, 0.1) is 5.92 Å². The van der Waals surface area contributed by atoms with E-state index in [0.29, 0.717) is 11.5 Å². The predicted octanol–water partition coefficient (Wildman–Crippen LogP) is 4.20. The van der Waals surface area contributed by atoms with E-state index in [1.807, 2.05) is 32.9 Å². The van der Waals surface area contributed by atoms with E-state index in [-0.39, 0.29) is 23.5 Å². The molecule has 0 saturated heterocycles. The van der Waals surface area contributed by atoms with Crippen molar-refractivity contribution in [2.75, 3.05) is 6.79 Å². The lowest BCUT2D eigenvalue weighted by atomic mass is 10.1. The van der Waals surface area contributed by atoms with Crippen molar-refractivity contribution < 1.29 is 19.0 Å². The number of carbonyl (C=O) groups excluding carboxylic acids is 1. The van der Waals surface area contributed by atoms with Crippen LogP contribution < -0.4 is 9.47 Å². The normalized spacial score (nSPS) is 16.1. The van der Waals surface area contributed by atoms with E-state index in [2.05, 4.69) is 31.9 Å². The monoisotopic (exact) mass is 406 g/mol. The van der Waals surface area contributed by atoms with Crippen molar-refractivity contribution in [2.24, 2.45) is 5.92 Å². The van der Waals surface area contributed by atoms with E-state index < -0.39 is 6.10 Å². The average molecular weight is 408 g/mol. The number of esters is 1. The van der Waals surface area contributed by atoms with E-state index >= 15 is 0 Å². The first kappa shape index (κ1) is 15.6. The summed E-state index contributed by atoms with van der Waals surface area (Å²) in [4.78, 5) is 11.8. The summed E-state index contributed by atoms with van der Waals surface area (Å²) in [5.41, 5.74) is 0.854. The van der Waals surface area contributed by atoms with Gasteiger partial charge in [0.05, 0.1) is 10.7 Å². The second-order valence-corrected chi connectivity index (χ2v) is 7.22. The molecule has 0 unspecified atom stereocenters. The Morgan fingerprint density at radius 3 is 2.40 bits per heavy atom. The molecule has 1 aromatic carbocycles. The van der Waals surface area contributed by atoms with E-state index in [1.165, 1.54) is 0 Å². The Morgan fingerprint density at radius 1 is 1.25 bits per heavy atom. The number of hydrogen-bond donors (Lipinski definition) is 0. The van der Waals surface area contributed by atoms with Crippen molar-refractivity contribution in [2.45, 2.75) is 31.7 Å². The van der Waals surface area contributed by atoms with Crippen molar-refractivity contribution in [3.8, 4) is 11.5 Å². The zero-order valence-corrected chi connectivity index (χ0v) is 14.7. The van der Waals surface area contributed by atoms with Gasteiger partial charge in [0.2, 0.25) is 6.79 Å². The minimum absolute atomic E-state index is 0.0260. The van der Waals surface area contributed by atoms with Gasteiger partial charge in [-0.25, -0.2) is 0 Å². The maximum Gasteiger partial charge on any atom is 0.309 e. The SMILES string of the molecule is CC(C)C(=O)O[C@@H](c1cc2c(cc1Br)OCO2)[C@@H](C)Br. The molecule has 20 heavy (non-hydrogen) atoms. The van der Waals surface area contributed by atoms with Crippen LogP contribution in [0.4, 0.5) is 0 Å². The maximum atomic E-state index is 11.9. The van der Waals surface area contributed by atoms with Crippen LogP contribution in [0.2, 0.25) is 0 Å². The molecule has 0 saturated carbocycles. The lowest BCUT2D eigenvalue weighted by molar-refractivity contribution is -0.153. The first-order valence-corrected chi connectivity index (χ1v) is 8.04. The number of rotatable bonds is 4. The molecule has 6 heteroatoms. The van der Waals surface area contributed by atoms with Crippen LogP contribution in [-0.2, 0) is 9.53 Å². The first-order valence-electron chi connectivity index (χ1n) is 6.33. The minimum atomic E-state index is -0.395. The summed E-state index contributed by atoms with van der Waals surface area (Å²) in [6.07, 6.45) is -0.395. The molecule has 0 fully saturated rings. The Hall–Kier alpha value is -0.750. The van der Waals surface area contributed by atoms with E-state index in [9.17, 15) is 4.79 Å². The number of hydrogen-bond acceptors (Lipinski definition) is 4. The summed E-state index contributed by atoms with van der Waals surface area (Å²) in [5, 5.41) is 0. The molecular formula is C14H16Br2O4.